The number of benzene rings is 2. The number of piperidine rings is 1. The number of halogens is 3. The molecule has 0 radical (unpaired) electrons. The number of ether oxygens (including phenoxy) is 3. The van der Waals surface area contributed by atoms with Crippen LogP contribution in [0.5, 0.6) is 17.4 Å². The molecule has 2 aliphatic rings. The molecule has 2 aromatic carbocycles. The third kappa shape index (κ3) is 5.67. The highest BCUT2D eigenvalue weighted by Gasteiger charge is 2.30. The fraction of sp³-hybridized carbons (Fsp3) is 0.281. The molecule has 5 heterocycles. The number of nitrogen functional groups attached to an aromatic ring is 1. The van der Waals surface area contributed by atoms with E-state index in [9.17, 15) is 13.6 Å². The molecule has 5 aromatic rings. The number of likely N-dealkylation sites (tertiary alicyclic amines) is 1. The van der Waals surface area contributed by atoms with E-state index in [0.29, 0.717) is 23.0 Å². The highest BCUT2D eigenvalue weighted by atomic mass is 79.9. The van der Waals surface area contributed by atoms with Crippen molar-refractivity contribution < 1.29 is 27.8 Å². The first-order valence-electron chi connectivity index (χ1n) is 14.5. The van der Waals surface area contributed by atoms with Crippen LogP contribution in [-0.4, -0.2) is 68.9 Å². The number of aromatic nitrogens is 4. The Kier molecular flexibility index (Phi) is 7.76. The lowest BCUT2D eigenvalue weighted by Crippen LogP contribution is -2.52. The number of hydrogen-bond acceptors (Lipinski definition) is 8. The molecule has 0 atom stereocenters. The lowest BCUT2D eigenvalue weighted by atomic mass is 10.0. The first-order valence-corrected chi connectivity index (χ1v) is 15.3. The van der Waals surface area contributed by atoms with Crippen molar-refractivity contribution in [2.24, 2.45) is 0 Å². The zero-order chi connectivity index (χ0) is 31.2. The quantitative estimate of drug-likeness (QED) is 0.193. The number of aryl methyl sites for hydroxylation is 1. The second-order valence-electron chi connectivity index (χ2n) is 11.2. The predicted octanol–water partition coefficient (Wildman–Crippen LogP) is 5.95. The van der Waals surface area contributed by atoms with Gasteiger partial charge in [0.15, 0.2) is 11.6 Å². The van der Waals surface area contributed by atoms with Gasteiger partial charge >= 0.3 is 0 Å². The van der Waals surface area contributed by atoms with Gasteiger partial charge in [-0.25, -0.2) is 18.4 Å². The molecule has 13 heteroatoms. The molecule has 0 spiro atoms. The van der Waals surface area contributed by atoms with Crippen LogP contribution in [-0.2, 0) is 4.74 Å². The molecule has 2 aliphatic heterocycles. The number of carbonyl (C=O) groups is 1. The van der Waals surface area contributed by atoms with E-state index in [0.717, 1.165) is 72.4 Å². The Hall–Kier alpha value is -4.33. The van der Waals surface area contributed by atoms with Gasteiger partial charge in [0.2, 0.25) is 17.4 Å². The Morgan fingerprint density at radius 1 is 1.11 bits per heavy atom. The van der Waals surface area contributed by atoms with Gasteiger partial charge in [-0.15, -0.1) is 0 Å². The van der Waals surface area contributed by atoms with Crippen LogP contribution < -0.4 is 15.2 Å². The van der Waals surface area contributed by atoms with Gasteiger partial charge in [-0.2, -0.15) is 5.10 Å². The van der Waals surface area contributed by atoms with Crippen LogP contribution in [0.1, 0.15) is 34.5 Å². The molecule has 2 saturated heterocycles. The first kappa shape index (κ1) is 29.4. The zero-order valence-electron chi connectivity index (χ0n) is 24.2. The number of anilines is 1. The van der Waals surface area contributed by atoms with Crippen molar-refractivity contribution in [3.63, 3.8) is 0 Å². The molecule has 0 amide bonds. The van der Waals surface area contributed by atoms with Crippen LogP contribution in [0.3, 0.4) is 0 Å². The topological polar surface area (TPSA) is 121 Å². The summed E-state index contributed by atoms with van der Waals surface area (Å²) in [6.45, 7) is 5.34. The summed E-state index contributed by atoms with van der Waals surface area (Å²) in [6.07, 6.45) is 4.80. The number of nitrogens with zero attached hydrogens (tertiary/aromatic N) is 4. The first-order chi connectivity index (χ1) is 21.7. The summed E-state index contributed by atoms with van der Waals surface area (Å²) in [6, 6.07) is 11.1. The van der Waals surface area contributed by atoms with Gasteiger partial charge in [0.25, 0.3) is 0 Å². The molecule has 2 fully saturated rings. The standard InChI is InChI=1S/C32H29BrF2N6O4/c1-17-9-29(45-31-23(34)3-2-4-24(31)35)37-14-27(17)41-32(36)21(13-38-41)30(42)26-10-18-11-28(22(33)12-25(18)39-26)44-20-5-7-40(8-6-20)19-15-43-16-19/h2-4,9-14,19-20,39H,5-8,15-16,36H2,1H3. The lowest BCUT2D eigenvalue weighted by Gasteiger charge is -2.41. The van der Waals surface area contributed by atoms with E-state index in [4.69, 9.17) is 19.9 Å². The predicted molar refractivity (Wildman–Crippen MR) is 166 cm³/mol. The highest BCUT2D eigenvalue weighted by Crippen LogP contribution is 2.34. The molecular weight excluding hydrogens is 650 g/mol. The largest absolute Gasteiger partial charge is 0.489 e. The molecular formula is C32H29BrF2N6O4. The van der Waals surface area contributed by atoms with Crippen molar-refractivity contribution >= 4 is 38.4 Å². The van der Waals surface area contributed by atoms with E-state index in [2.05, 4.69) is 35.9 Å². The fourth-order valence-corrected chi connectivity index (χ4v) is 6.11. The second kappa shape index (κ2) is 11.9. The summed E-state index contributed by atoms with van der Waals surface area (Å²) in [5.74, 6) is -1.74. The molecule has 3 N–H and O–H groups in total. The third-order valence-electron chi connectivity index (χ3n) is 8.29. The van der Waals surface area contributed by atoms with Crippen LogP contribution in [0.25, 0.3) is 16.6 Å². The number of H-pyrrole nitrogens is 1. The average molecular weight is 680 g/mol. The van der Waals surface area contributed by atoms with Gasteiger partial charge < -0.3 is 24.9 Å². The van der Waals surface area contributed by atoms with Gasteiger partial charge in [-0.3, -0.25) is 9.69 Å². The lowest BCUT2D eigenvalue weighted by molar-refractivity contribution is -0.0778. The summed E-state index contributed by atoms with van der Waals surface area (Å²) in [5.41, 5.74) is 8.80. The summed E-state index contributed by atoms with van der Waals surface area (Å²) in [7, 11) is 0. The molecule has 3 aromatic heterocycles. The number of ketones is 1. The summed E-state index contributed by atoms with van der Waals surface area (Å²) >= 11 is 3.63. The minimum absolute atomic E-state index is 0.0101. The van der Waals surface area contributed by atoms with Gasteiger partial charge in [-0.1, -0.05) is 6.07 Å². The number of aromatic amines is 1. The highest BCUT2D eigenvalue weighted by molar-refractivity contribution is 9.10. The Morgan fingerprint density at radius 3 is 2.56 bits per heavy atom. The van der Waals surface area contributed by atoms with Crippen molar-refractivity contribution in [2.45, 2.75) is 31.9 Å². The average Bonchev–Trinajstić information content (AvgIpc) is 3.58. The summed E-state index contributed by atoms with van der Waals surface area (Å²) in [4.78, 5) is 23.4. The third-order valence-corrected chi connectivity index (χ3v) is 8.91. The fourth-order valence-electron chi connectivity index (χ4n) is 5.67. The number of hydrogen-bond donors (Lipinski definition) is 2. The molecule has 45 heavy (non-hydrogen) atoms. The number of pyridine rings is 1. The van der Waals surface area contributed by atoms with E-state index in [-0.39, 0.29) is 29.1 Å². The Bertz CT molecular complexity index is 1900. The van der Waals surface area contributed by atoms with E-state index in [1.165, 1.54) is 29.2 Å². The Labute approximate surface area is 265 Å². The number of rotatable bonds is 8. The number of nitrogens with two attached hydrogens (primary N) is 1. The van der Waals surface area contributed by atoms with Crippen LogP contribution in [0, 0.1) is 18.6 Å². The van der Waals surface area contributed by atoms with Gasteiger partial charge in [-0.05, 0) is 71.6 Å². The number of fused-ring (bicyclic) bond motifs is 1. The van der Waals surface area contributed by atoms with Crippen LogP contribution in [0.4, 0.5) is 14.6 Å². The summed E-state index contributed by atoms with van der Waals surface area (Å²) < 4.78 is 47.3. The molecule has 0 bridgehead atoms. The minimum Gasteiger partial charge on any atom is -0.489 e. The smallest absolute Gasteiger partial charge is 0.219 e. The SMILES string of the molecule is Cc1cc(Oc2c(F)cccc2F)ncc1-n1ncc(C(=O)c2cc3cc(OC4CCN(C5COC5)CC4)c(Br)cc3[nH]2)c1N. The van der Waals surface area contributed by atoms with Crippen molar-refractivity contribution in [3.8, 4) is 23.1 Å². The van der Waals surface area contributed by atoms with Gasteiger partial charge in [0.05, 0.1) is 53.1 Å². The Morgan fingerprint density at radius 2 is 1.87 bits per heavy atom. The van der Waals surface area contributed by atoms with Crippen LogP contribution >= 0.6 is 15.9 Å². The maximum absolute atomic E-state index is 14.0. The second-order valence-corrected chi connectivity index (χ2v) is 12.1. The normalized spacial score (nSPS) is 16.2. The van der Waals surface area contributed by atoms with E-state index < -0.39 is 17.4 Å². The van der Waals surface area contributed by atoms with Gasteiger partial charge in [0, 0.05) is 30.1 Å². The Balaban J connectivity index is 1.07. The van der Waals surface area contributed by atoms with Crippen LogP contribution in [0.2, 0.25) is 0 Å². The van der Waals surface area contributed by atoms with E-state index in [1.54, 1.807) is 13.0 Å². The van der Waals surface area contributed by atoms with Crippen molar-refractivity contribution in [1.29, 1.82) is 0 Å². The number of para-hydroxylation sites is 1. The molecule has 10 nitrogen and oxygen atoms in total. The van der Waals surface area contributed by atoms with Crippen molar-refractivity contribution in [3.05, 3.63) is 87.8 Å². The molecule has 0 unspecified atom stereocenters. The number of carbonyl (C=O) groups excluding carboxylic acids is 1. The molecule has 232 valence electrons. The maximum Gasteiger partial charge on any atom is 0.219 e. The van der Waals surface area contributed by atoms with Crippen molar-refractivity contribution in [2.75, 3.05) is 32.0 Å². The van der Waals surface area contributed by atoms with E-state index >= 15 is 0 Å². The van der Waals surface area contributed by atoms with Crippen molar-refractivity contribution in [1.82, 2.24) is 24.6 Å². The minimum atomic E-state index is -0.845. The summed E-state index contributed by atoms with van der Waals surface area (Å²) in [5, 5.41) is 5.15. The van der Waals surface area contributed by atoms with Gasteiger partial charge in [0.1, 0.15) is 17.7 Å². The molecule has 0 saturated carbocycles. The van der Waals surface area contributed by atoms with Crippen LogP contribution in [0.15, 0.2) is 59.3 Å². The monoisotopic (exact) mass is 678 g/mol. The number of nitrogens with one attached hydrogen (secondary N) is 1. The maximum atomic E-state index is 14.0. The molecule has 0 aliphatic carbocycles. The molecule has 7 rings (SSSR count). The zero-order valence-corrected chi connectivity index (χ0v) is 25.8. The van der Waals surface area contributed by atoms with E-state index in [1.807, 2.05) is 12.1 Å².